The van der Waals surface area contributed by atoms with Crippen LogP contribution in [0.4, 0.5) is 23.8 Å². The van der Waals surface area contributed by atoms with Crippen LogP contribution < -0.4 is 16.0 Å². The molecule has 2 aromatic rings. The SMILES string of the molecule is CC(=O)N[C@@H]1C[C@H](NC(=O)O)CC[C@@H]1N1CC[C@H](Nc2nc(C(F)(F)F)nc3ccccc23)C1=O. The quantitative estimate of drug-likeness (QED) is 0.501. The van der Waals surface area contributed by atoms with E-state index >= 15 is 0 Å². The standard InChI is InChI=1S/C22H25F3N6O4/c1-11(32)26-16-10-12(27-21(34)35)6-7-17(16)31-9-8-15(19(31)33)28-18-13-4-2-3-5-14(13)29-20(30-18)22(23,24)25/h2-5,12,15-17,27H,6-10H2,1H3,(H,26,32)(H,34,35)(H,28,29,30)/t12-,15+,16-,17+/m1/s1. The number of likely N-dealkylation sites (tertiary alicyclic amines) is 1. The van der Waals surface area contributed by atoms with Gasteiger partial charge in [-0.1, -0.05) is 12.1 Å². The maximum absolute atomic E-state index is 13.3. The number of benzene rings is 1. The van der Waals surface area contributed by atoms with E-state index in [4.69, 9.17) is 5.11 Å². The molecule has 35 heavy (non-hydrogen) atoms. The van der Waals surface area contributed by atoms with E-state index < -0.39 is 30.2 Å². The highest BCUT2D eigenvalue weighted by Gasteiger charge is 2.43. The Morgan fingerprint density at radius 1 is 1.11 bits per heavy atom. The molecule has 1 saturated carbocycles. The normalized spacial score (nSPS) is 24.9. The van der Waals surface area contributed by atoms with Crippen LogP contribution in [0.3, 0.4) is 0 Å². The van der Waals surface area contributed by atoms with E-state index in [1.807, 2.05) is 0 Å². The topological polar surface area (TPSA) is 137 Å². The minimum atomic E-state index is -4.75. The fourth-order valence-corrected chi connectivity index (χ4v) is 4.89. The van der Waals surface area contributed by atoms with E-state index in [1.165, 1.54) is 13.0 Å². The molecule has 2 fully saturated rings. The van der Waals surface area contributed by atoms with Crippen molar-refractivity contribution in [2.75, 3.05) is 11.9 Å². The Hall–Kier alpha value is -3.64. The smallest absolute Gasteiger partial charge is 0.451 e. The van der Waals surface area contributed by atoms with Gasteiger partial charge in [0.05, 0.1) is 17.6 Å². The average molecular weight is 494 g/mol. The van der Waals surface area contributed by atoms with E-state index in [0.717, 1.165) is 0 Å². The molecule has 0 bridgehead atoms. The van der Waals surface area contributed by atoms with Crippen LogP contribution >= 0.6 is 0 Å². The molecule has 1 aliphatic heterocycles. The minimum absolute atomic E-state index is 0.0732. The number of fused-ring (bicyclic) bond motifs is 1. The molecule has 0 radical (unpaired) electrons. The van der Waals surface area contributed by atoms with Crippen molar-refractivity contribution in [2.45, 2.75) is 63.0 Å². The molecule has 3 amide bonds. The highest BCUT2D eigenvalue weighted by atomic mass is 19.4. The molecule has 2 heterocycles. The molecular formula is C22H25F3N6O4. The highest BCUT2D eigenvalue weighted by Crippen LogP contribution is 2.32. The van der Waals surface area contributed by atoms with Gasteiger partial charge in [-0.05, 0) is 37.8 Å². The van der Waals surface area contributed by atoms with Crippen LogP contribution in [-0.2, 0) is 15.8 Å². The van der Waals surface area contributed by atoms with E-state index in [1.54, 1.807) is 23.1 Å². The van der Waals surface area contributed by atoms with E-state index in [2.05, 4.69) is 25.9 Å². The number of carbonyl (C=O) groups excluding carboxylic acids is 2. The number of rotatable bonds is 5. The number of hydrogen-bond donors (Lipinski definition) is 4. The number of aromatic nitrogens is 2. The van der Waals surface area contributed by atoms with Crippen LogP contribution in [-0.4, -0.2) is 68.6 Å². The number of nitrogens with one attached hydrogen (secondary N) is 3. The second kappa shape index (κ2) is 9.55. The Kier molecular flexibility index (Phi) is 6.68. The minimum Gasteiger partial charge on any atom is -0.465 e. The summed E-state index contributed by atoms with van der Waals surface area (Å²) in [6.07, 6.45) is -4.31. The van der Waals surface area contributed by atoms with Crippen molar-refractivity contribution < 1.29 is 32.7 Å². The lowest BCUT2D eigenvalue weighted by Crippen LogP contribution is -2.58. The van der Waals surface area contributed by atoms with Crippen molar-refractivity contribution >= 4 is 34.6 Å². The van der Waals surface area contributed by atoms with E-state index in [9.17, 15) is 27.6 Å². The first-order chi connectivity index (χ1) is 16.5. The second-order valence-corrected chi connectivity index (χ2v) is 8.76. The van der Waals surface area contributed by atoms with Gasteiger partial charge in [0.1, 0.15) is 11.9 Å². The number of carbonyl (C=O) groups is 3. The lowest BCUT2D eigenvalue weighted by molar-refractivity contribution is -0.144. The zero-order valence-corrected chi connectivity index (χ0v) is 18.8. The molecule has 4 N–H and O–H groups in total. The monoisotopic (exact) mass is 494 g/mol. The Morgan fingerprint density at radius 3 is 2.54 bits per heavy atom. The molecular weight excluding hydrogens is 469 g/mol. The van der Waals surface area contributed by atoms with Gasteiger partial charge in [0, 0.05) is 24.9 Å². The van der Waals surface area contributed by atoms with Gasteiger partial charge in [0.15, 0.2) is 0 Å². The molecule has 4 atom stereocenters. The van der Waals surface area contributed by atoms with Crippen LogP contribution in [0.25, 0.3) is 10.9 Å². The third kappa shape index (κ3) is 5.38. The lowest BCUT2D eigenvalue weighted by Gasteiger charge is -2.41. The number of para-hydroxylation sites is 1. The molecule has 1 aromatic carbocycles. The van der Waals surface area contributed by atoms with Gasteiger partial charge in [0.25, 0.3) is 0 Å². The summed E-state index contributed by atoms with van der Waals surface area (Å²) in [6.45, 7) is 1.68. The molecule has 1 aromatic heterocycles. The van der Waals surface area contributed by atoms with Crippen molar-refractivity contribution in [3.05, 3.63) is 30.1 Å². The zero-order valence-electron chi connectivity index (χ0n) is 18.8. The van der Waals surface area contributed by atoms with Crippen molar-refractivity contribution in [3.8, 4) is 0 Å². The molecule has 2 aliphatic rings. The number of halogens is 3. The third-order valence-electron chi connectivity index (χ3n) is 6.34. The number of alkyl halides is 3. The highest BCUT2D eigenvalue weighted by molar-refractivity contribution is 5.93. The van der Waals surface area contributed by atoms with Crippen LogP contribution in [0.15, 0.2) is 24.3 Å². The maximum atomic E-state index is 13.3. The first-order valence-corrected chi connectivity index (χ1v) is 11.2. The summed E-state index contributed by atoms with van der Waals surface area (Å²) in [7, 11) is 0. The number of nitrogens with zero attached hydrogens (tertiary/aromatic N) is 3. The van der Waals surface area contributed by atoms with E-state index in [0.29, 0.717) is 37.6 Å². The summed E-state index contributed by atoms with van der Waals surface area (Å²) in [5.41, 5.74) is 0.106. The van der Waals surface area contributed by atoms with Crippen LogP contribution in [0.5, 0.6) is 0 Å². The zero-order chi connectivity index (χ0) is 25.3. The first-order valence-electron chi connectivity index (χ1n) is 11.2. The fourth-order valence-electron chi connectivity index (χ4n) is 4.89. The molecule has 0 unspecified atom stereocenters. The molecule has 1 aliphatic carbocycles. The number of amides is 3. The van der Waals surface area contributed by atoms with Crippen molar-refractivity contribution in [2.24, 2.45) is 0 Å². The molecule has 1 saturated heterocycles. The second-order valence-electron chi connectivity index (χ2n) is 8.76. The fraction of sp³-hybridized carbons (Fsp3) is 0.500. The Balaban J connectivity index is 1.54. The Morgan fingerprint density at radius 2 is 1.86 bits per heavy atom. The Bertz CT molecular complexity index is 1140. The molecule has 4 rings (SSSR count). The molecule has 13 heteroatoms. The molecule has 0 spiro atoms. The van der Waals surface area contributed by atoms with Crippen molar-refractivity contribution in [1.82, 2.24) is 25.5 Å². The summed E-state index contributed by atoms with van der Waals surface area (Å²) < 4.78 is 40.0. The number of hydrogen-bond acceptors (Lipinski definition) is 6. The van der Waals surface area contributed by atoms with Crippen LogP contribution in [0, 0.1) is 0 Å². The number of anilines is 1. The van der Waals surface area contributed by atoms with Gasteiger partial charge < -0.3 is 26.0 Å². The summed E-state index contributed by atoms with van der Waals surface area (Å²) in [5.74, 6) is -1.98. The molecule has 10 nitrogen and oxygen atoms in total. The van der Waals surface area contributed by atoms with Crippen molar-refractivity contribution in [3.63, 3.8) is 0 Å². The van der Waals surface area contributed by atoms with Gasteiger partial charge in [-0.3, -0.25) is 9.59 Å². The molecule has 188 valence electrons. The van der Waals surface area contributed by atoms with Gasteiger partial charge in [-0.25, -0.2) is 14.8 Å². The summed E-state index contributed by atoms with van der Waals surface area (Å²) >= 11 is 0. The van der Waals surface area contributed by atoms with Gasteiger partial charge in [-0.2, -0.15) is 13.2 Å². The van der Waals surface area contributed by atoms with Gasteiger partial charge in [-0.15, -0.1) is 0 Å². The van der Waals surface area contributed by atoms with Crippen LogP contribution in [0.1, 0.15) is 38.4 Å². The largest absolute Gasteiger partial charge is 0.465 e. The lowest BCUT2D eigenvalue weighted by atomic mass is 9.85. The Labute approximate surface area is 198 Å². The van der Waals surface area contributed by atoms with E-state index in [-0.39, 0.29) is 35.2 Å². The first kappa shape index (κ1) is 24.5. The predicted octanol–water partition coefficient (Wildman–Crippen LogP) is 2.35. The summed E-state index contributed by atoms with van der Waals surface area (Å²) in [6, 6.07) is 4.26. The maximum Gasteiger partial charge on any atom is 0.451 e. The third-order valence-corrected chi connectivity index (χ3v) is 6.34. The van der Waals surface area contributed by atoms with Crippen LogP contribution in [0.2, 0.25) is 0 Å². The average Bonchev–Trinajstić information content (AvgIpc) is 3.12. The van der Waals surface area contributed by atoms with Crippen molar-refractivity contribution in [1.29, 1.82) is 0 Å². The predicted molar refractivity (Wildman–Crippen MR) is 118 cm³/mol. The summed E-state index contributed by atoms with van der Waals surface area (Å²) in [5, 5.41) is 17.5. The van der Waals surface area contributed by atoms with Gasteiger partial charge in [0.2, 0.25) is 17.6 Å². The summed E-state index contributed by atoms with van der Waals surface area (Å²) in [4.78, 5) is 44.9. The number of carboxylic acid groups (broad SMARTS) is 1. The van der Waals surface area contributed by atoms with Gasteiger partial charge >= 0.3 is 12.3 Å².